The highest BCUT2D eigenvalue weighted by Crippen LogP contribution is 2.07. The first-order valence-electron chi connectivity index (χ1n) is 4.51. The van der Waals surface area contributed by atoms with Gasteiger partial charge in [-0.2, -0.15) is 0 Å². The van der Waals surface area contributed by atoms with Gasteiger partial charge in [0.05, 0.1) is 0 Å². The van der Waals surface area contributed by atoms with Crippen molar-refractivity contribution in [2.45, 2.75) is 19.3 Å². The number of hydrogen-bond acceptors (Lipinski definition) is 3. The summed E-state index contributed by atoms with van der Waals surface area (Å²) in [6.07, 6.45) is 6.46. The molecule has 0 saturated carbocycles. The zero-order valence-electron chi connectivity index (χ0n) is 7.81. The lowest BCUT2D eigenvalue weighted by Crippen LogP contribution is -2.34. The van der Waals surface area contributed by atoms with Crippen LogP contribution in [0.25, 0.3) is 0 Å². The van der Waals surface area contributed by atoms with Crippen LogP contribution >= 0.6 is 0 Å². The number of likely N-dealkylation sites (tertiary alicyclic amines) is 1. The first-order chi connectivity index (χ1) is 6.80. The molecule has 1 amide bonds. The van der Waals surface area contributed by atoms with Crippen LogP contribution in [0.5, 0.6) is 0 Å². The van der Waals surface area contributed by atoms with E-state index in [9.17, 15) is 4.79 Å². The summed E-state index contributed by atoms with van der Waals surface area (Å²) in [5.74, 6) is 0. The number of hydrogen-bond donors (Lipinski definition) is 2. The van der Waals surface area contributed by atoms with Gasteiger partial charge in [-0.3, -0.25) is 0 Å². The van der Waals surface area contributed by atoms with Gasteiger partial charge >= 0.3 is 6.09 Å². The number of nitrogens with zero attached hydrogens (tertiary/aromatic N) is 3. The second-order valence-corrected chi connectivity index (χ2v) is 2.93. The van der Waals surface area contributed by atoms with Gasteiger partial charge in [0.25, 0.3) is 0 Å². The molecule has 0 radical (unpaired) electrons. The van der Waals surface area contributed by atoms with Crippen LogP contribution in [-0.2, 0) is 0 Å². The minimum absolute atomic E-state index is 0.731. The summed E-state index contributed by atoms with van der Waals surface area (Å²) in [5, 5.41) is 17.5. The summed E-state index contributed by atoms with van der Waals surface area (Å²) < 4.78 is 0. The molecule has 0 aliphatic carbocycles. The van der Waals surface area contributed by atoms with E-state index in [2.05, 4.69) is 21.6 Å². The van der Waals surface area contributed by atoms with Gasteiger partial charge < -0.3 is 26.4 Å². The van der Waals surface area contributed by atoms with E-state index in [4.69, 9.17) is 5.11 Å². The molecule has 2 rings (SSSR count). The van der Waals surface area contributed by atoms with Gasteiger partial charge in [-0.1, -0.05) is 0 Å². The van der Waals surface area contributed by atoms with Crippen LogP contribution in [-0.4, -0.2) is 44.6 Å². The van der Waals surface area contributed by atoms with Crippen molar-refractivity contribution in [2.75, 3.05) is 13.1 Å². The molecule has 0 unspecified atom stereocenters. The minimum Gasteiger partial charge on any atom is -0.465 e. The Kier molecular flexibility index (Phi) is 4.46. The van der Waals surface area contributed by atoms with Gasteiger partial charge in [0.1, 0.15) is 0 Å². The molecule has 0 spiro atoms. The van der Waals surface area contributed by atoms with Crippen molar-refractivity contribution >= 4 is 6.09 Å². The number of aromatic nitrogens is 3. The fourth-order valence-corrected chi connectivity index (χ4v) is 1.23. The van der Waals surface area contributed by atoms with Crippen molar-refractivity contribution in [3.63, 3.8) is 0 Å². The molecule has 1 saturated heterocycles. The van der Waals surface area contributed by atoms with Crippen molar-refractivity contribution in [3.05, 3.63) is 12.4 Å². The van der Waals surface area contributed by atoms with Crippen LogP contribution in [0.2, 0.25) is 0 Å². The van der Waals surface area contributed by atoms with Crippen molar-refractivity contribution in [3.8, 4) is 0 Å². The lowest BCUT2D eigenvalue weighted by atomic mass is 10.1. The lowest BCUT2D eigenvalue weighted by molar-refractivity contribution is 0.136. The standard InChI is InChI=1S/C6H11NO2.C2H2N3/c8-6(9)7-4-2-1-3-5-7;1-2-4-5-3-1/h1-5H2,(H,8,9);1H,(H,3,4,5)/q;-1. The summed E-state index contributed by atoms with van der Waals surface area (Å²) in [6.45, 7) is 1.46. The SMILES string of the molecule is O=C(O)N1CCCCC1.[c-]1c[nH]nn1. The first kappa shape index (κ1) is 10.5. The Morgan fingerprint density at radius 2 is 2.14 bits per heavy atom. The van der Waals surface area contributed by atoms with Crippen LogP contribution in [0, 0.1) is 6.20 Å². The molecule has 1 fully saturated rings. The van der Waals surface area contributed by atoms with Crippen molar-refractivity contribution < 1.29 is 9.90 Å². The molecule has 14 heavy (non-hydrogen) atoms. The monoisotopic (exact) mass is 197 g/mol. The summed E-state index contributed by atoms with van der Waals surface area (Å²) in [6, 6.07) is 0. The van der Waals surface area contributed by atoms with Gasteiger partial charge in [-0.05, 0) is 19.3 Å². The quantitative estimate of drug-likeness (QED) is 0.601. The van der Waals surface area contributed by atoms with Gasteiger partial charge in [-0.25, -0.2) is 4.79 Å². The highest BCUT2D eigenvalue weighted by molar-refractivity contribution is 5.64. The highest BCUT2D eigenvalue weighted by Gasteiger charge is 2.13. The van der Waals surface area contributed by atoms with Gasteiger partial charge in [0, 0.05) is 13.1 Å². The number of aromatic amines is 1. The topological polar surface area (TPSA) is 82.1 Å². The van der Waals surface area contributed by atoms with Gasteiger partial charge in [-0.15, -0.1) is 11.4 Å². The predicted molar refractivity (Wildman–Crippen MR) is 48.7 cm³/mol. The van der Waals surface area contributed by atoms with E-state index in [0.717, 1.165) is 25.9 Å². The maximum atomic E-state index is 10.3. The number of piperidine rings is 1. The minimum atomic E-state index is -0.769. The Hall–Kier alpha value is -1.59. The zero-order valence-corrected chi connectivity index (χ0v) is 7.81. The molecular formula is C8H13N4O2-. The molecule has 0 atom stereocenters. The number of H-pyrrole nitrogens is 1. The number of nitrogens with one attached hydrogen (secondary N) is 1. The van der Waals surface area contributed by atoms with E-state index in [1.165, 1.54) is 17.5 Å². The first-order valence-corrected chi connectivity index (χ1v) is 4.51. The number of carboxylic acid groups (broad SMARTS) is 1. The third kappa shape index (κ3) is 3.88. The Morgan fingerprint density at radius 1 is 1.43 bits per heavy atom. The van der Waals surface area contributed by atoms with Crippen molar-refractivity contribution in [2.24, 2.45) is 0 Å². The Bertz CT molecular complexity index is 227. The number of amides is 1. The molecular weight excluding hydrogens is 184 g/mol. The summed E-state index contributed by atoms with van der Waals surface area (Å²) in [5.41, 5.74) is 0. The summed E-state index contributed by atoms with van der Waals surface area (Å²) >= 11 is 0. The van der Waals surface area contributed by atoms with Crippen LogP contribution in [0.4, 0.5) is 4.79 Å². The molecule has 1 aliphatic rings. The van der Waals surface area contributed by atoms with E-state index < -0.39 is 6.09 Å². The molecule has 0 bridgehead atoms. The maximum absolute atomic E-state index is 10.3. The van der Waals surface area contributed by atoms with Crippen LogP contribution < -0.4 is 0 Å². The summed E-state index contributed by atoms with van der Waals surface area (Å²) in [4.78, 5) is 11.8. The average molecular weight is 197 g/mol. The Balaban J connectivity index is 0.000000165. The predicted octanol–water partition coefficient (Wildman–Crippen LogP) is 0.755. The molecule has 0 aromatic carbocycles. The van der Waals surface area contributed by atoms with Crippen LogP contribution in [0.15, 0.2) is 6.20 Å². The third-order valence-corrected chi connectivity index (χ3v) is 1.92. The molecule has 6 heteroatoms. The molecule has 1 aromatic heterocycles. The van der Waals surface area contributed by atoms with E-state index >= 15 is 0 Å². The zero-order chi connectivity index (χ0) is 10.2. The Morgan fingerprint density at radius 3 is 2.43 bits per heavy atom. The Labute approximate surface area is 81.9 Å². The second kappa shape index (κ2) is 5.95. The van der Waals surface area contributed by atoms with E-state index in [1.807, 2.05) is 0 Å². The van der Waals surface area contributed by atoms with Gasteiger partial charge in [0.2, 0.25) is 0 Å². The van der Waals surface area contributed by atoms with Crippen molar-refractivity contribution in [1.82, 2.24) is 20.3 Å². The fourth-order valence-electron chi connectivity index (χ4n) is 1.23. The molecule has 78 valence electrons. The highest BCUT2D eigenvalue weighted by atomic mass is 16.4. The fraction of sp³-hybridized carbons (Fsp3) is 0.625. The van der Waals surface area contributed by atoms with Gasteiger partial charge in [0.15, 0.2) is 0 Å². The van der Waals surface area contributed by atoms with E-state index in [0.29, 0.717) is 0 Å². The largest absolute Gasteiger partial charge is 0.465 e. The average Bonchev–Trinajstić information content (AvgIpc) is 2.77. The number of carbonyl (C=O) groups is 1. The summed E-state index contributed by atoms with van der Waals surface area (Å²) in [7, 11) is 0. The maximum Gasteiger partial charge on any atom is 0.407 e. The van der Waals surface area contributed by atoms with Crippen LogP contribution in [0.3, 0.4) is 0 Å². The third-order valence-electron chi connectivity index (χ3n) is 1.92. The smallest absolute Gasteiger partial charge is 0.407 e. The second-order valence-electron chi connectivity index (χ2n) is 2.93. The molecule has 1 aromatic rings. The molecule has 2 N–H and O–H groups in total. The van der Waals surface area contributed by atoms with E-state index in [1.54, 1.807) is 0 Å². The molecule has 6 nitrogen and oxygen atoms in total. The molecule has 1 aliphatic heterocycles. The lowest BCUT2D eigenvalue weighted by Gasteiger charge is -2.22. The van der Waals surface area contributed by atoms with E-state index in [-0.39, 0.29) is 0 Å². The van der Waals surface area contributed by atoms with Crippen molar-refractivity contribution in [1.29, 1.82) is 0 Å². The number of rotatable bonds is 0. The normalized spacial score (nSPS) is 15.6. The van der Waals surface area contributed by atoms with Crippen LogP contribution in [0.1, 0.15) is 19.3 Å². The molecule has 2 heterocycles.